The van der Waals surface area contributed by atoms with Gasteiger partial charge in [0.15, 0.2) is 0 Å². The van der Waals surface area contributed by atoms with Crippen LogP contribution in [0, 0.1) is 3.57 Å². The molecule has 2 aliphatic heterocycles. The highest BCUT2D eigenvalue weighted by Crippen LogP contribution is 2.42. The molecular formula is C21H19IN2. The maximum atomic E-state index is 2.61. The van der Waals surface area contributed by atoms with Crippen LogP contribution in [0.2, 0.25) is 0 Å². The highest BCUT2D eigenvalue weighted by atomic mass is 127. The number of benzene rings is 2. The average Bonchev–Trinajstić information content (AvgIpc) is 3.13. The van der Waals surface area contributed by atoms with Crippen molar-refractivity contribution in [2.45, 2.75) is 18.9 Å². The molecular weight excluding hydrogens is 407 g/mol. The summed E-state index contributed by atoms with van der Waals surface area (Å²) in [6.45, 7) is 3.57. The van der Waals surface area contributed by atoms with E-state index in [9.17, 15) is 0 Å². The molecule has 1 fully saturated rings. The molecule has 2 atom stereocenters. The molecule has 3 heterocycles. The standard InChI is InChI=1S/C21H19IN2/c22-17-6-7-20-18(12-17)19-14-23-10-9-16(13-23)21(19)24(20)11-8-15-4-2-1-3-5-15/h1-8,11-12,16H,9-10,13-14H2/b11-8+. The van der Waals surface area contributed by atoms with E-state index in [2.05, 4.69) is 92.9 Å². The predicted octanol–water partition coefficient (Wildman–Crippen LogP) is 5.18. The first-order valence-corrected chi connectivity index (χ1v) is 9.65. The van der Waals surface area contributed by atoms with Crippen molar-refractivity contribution in [2.24, 2.45) is 0 Å². The molecule has 1 aromatic heterocycles. The van der Waals surface area contributed by atoms with E-state index in [0.717, 1.165) is 6.54 Å². The van der Waals surface area contributed by atoms with Crippen molar-refractivity contribution in [3.05, 3.63) is 68.9 Å². The minimum Gasteiger partial charge on any atom is -0.320 e. The summed E-state index contributed by atoms with van der Waals surface area (Å²) in [5, 5.41) is 1.44. The zero-order chi connectivity index (χ0) is 16.1. The quantitative estimate of drug-likeness (QED) is 0.513. The Morgan fingerprint density at radius 1 is 1.08 bits per heavy atom. The van der Waals surface area contributed by atoms with E-state index >= 15 is 0 Å². The van der Waals surface area contributed by atoms with Gasteiger partial charge in [0, 0.05) is 39.9 Å². The summed E-state index contributed by atoms with van der Waals surface area (Å²) in [5.41, 5.74) is 5.70. The molecule has 5 rings (SSSR count). The summed E-state index contributed by atoms with van der Waals surface area (Å²) in [7, 11) is 0. The lowest BCUT2D eigenvalue weighted by Crippen LogP contribution is -2.25. The van der Waals surface area contributed by atoms with E-state index in [4.69, 9.17) is 0 Å². The first kappa shape index (κ1) is 14.7. The predicted molar refractivity (Wildman–Crippen MR) is 109 cm³/mol. The van der Waals surface area contributed by atoms with Crippen LogP contribution in [0.15, 0.2) is 48.5 Å². The van der Waals surface area contributed by atoms with Gasteiger partial charge in [-0.1, -0.05) is 30.3 Å². The Labute approximate surface area is 155 Å². The van der Waals surface area contributed by atoms with Crippen LogP contribution in [0.3, 0.4) is 0 Å². The molecule has 0 amide bonds. The molecule has 2 nitrogen and oxygen atoms in total. The van der Waals surface area contributed by atoms with Crippen molar-refractivity contribution in [3.63, 3.8) is 0 Å². The topological polar surface area (TPSA) is 8.17 Å². The zero-order valence-electron chi connectivity index (χ0n) is 13.5. The Morgan fingerprint density at radius 2 is 1.96 bits per heavy atom. The minimum atomic E-state index is 0.680. The van der Waals surface area contributed by atoms with Crippen molar-refractivity contribution < 1.29 is 0 Å². The SMILES string of the molecule is Ic1ccc2c(c1)c1c(n2/C=C/c2ccccc2)C2CCN(C1)C2. The van der Waals surface area contributed by atoms with Crippen LogP contribution >= 0.6 is 22.6 Å². The third kappa shape index (κ3) is 2.33. The van der Waals surface area contributed by atoms with Crippen molar-refractivity contribution in [1.82, 2.24) is 9.47 Å². The lowest BCUT2D eigenvalue weighted by atomic mass is 9.97. The van der Waals surface area contributed by atoms with Gasteiger partial charge in [-0.05, 0) is 71.0 Å². The second-order valence-corrected chi connectivity index (χ2v) is 8.09. The van der Waals surface area contributed by atoms with Crippen LogP contribution < -0.4 is 0 Å². The smallest absolute Gasteiger partial charge is 0.0529 e. The van der Waals surface area contributed by atoms with Gasteiger partial charge in [-0.3, -0.25) is 4.90 Å². The number of fused-ring (bicyclic) bond motifs is 6. The van der Waals surface area contributed by atoms with E-state index in [0.29, 0.717) is 5.92 Å². The van der Waals surface area contributed by atoms with Gasteiger partial charge in [0.05, 0.1) is 5.52 Å². The number of hydrogen-bond acceptors (Lipinski definition) is 1. The van der Waals surface area contributed by atoms with Crippen LogP contribution in [0.4, 0.5) is 0 Å². The maximum absolute atomic E-state index is 2.61. The number of rotatable bonds is 2. The largest absolute Gasteiger partial charge is 0.320 e. The van der Waals surface area contributed by atoms with E-state index in [1.807, 2.05) is 0 Å². The summed E-state index contributed by atoms with van der Waals surface area (Å²) in [4.78, 5) is 2.61. The molecule has 2 aliphatic rings. The maximum Gasteiger partial charge on any atom is 0.0529 e. The van der Waals surface area contributed by atoms with E-state index in [1.54, 1.807) is 11.3 Å². The second kappa shape index (κ2) is 5.74. The fourth-order valence-electron chi connectivity index (χ4n) is 4.29. The summed E-state index contributed by atoms with van der Waals surface area (Å²) in [5.74, 6) is 0.680. The van der Waals surface area contributed by atoms with Crippen LogP contribution in [0.25, 0.3) is 23.2 Å². The second-order valence-electron chi connectivity index (χ2n) is 6.84. The van der Waals surface area contributed by atoms with Crippen LogP contribution in [-0.2, 0) is 6.54 Å². The Balaban J connectivity index is 1.71. The molecule has 3 aromatic rings. The van der Waals surface area contributed by atoms with Gasteiger partial charge in [0.1, 0.15) is 0 Å². The molecule has 120 valence electrons. The molecule has 2 bridgehead atoms. The first-order chi connectivity index (χ1) is 11.8. The third-order valence-corrected chi connectivity index (χ3v) is 6.04. The van der Waals surface area contributed by atoms with Crippen LogP contribution in [-0.4, -0.2) is 22.6 Å². The van der Waals surface area contributed by atoms with Crippen LogP contribution in [0.1, 0.15) is 29.2 Å². The number of nitrogens with zero attached hydrogens (tertiary/aromatic N) is 2. The Bertz CT molecular complexity index is 939. The van der Waals surface area contributed by atoms with Crippen LogP contribution in [0.5, 0.6) is 0 Å². The molecule has 0 saturated carbocycles. The number of hydrogen-bond donors (Lipinski definition) is 0. The van der Waals surface area contributed by atoms with E-state index in [1.165, 1.54) is 39.5 Å². The summed E-state index contributed by atoms with van der Waals surface area (Å²) < 4.78 is 3.78. The van der Waals surface area contributed by atoms with Gasteiger partial charge in [-0.25, -0.2) is 0 Å². The molecule has 0 spiro atoms. The fourth-order valence-corrected chi connectivity index (χ4v) is 4.78. The molecule has 2 unspecified atom stereocenters. The Kier molecular flexibility index (Phi) is 3.52. The normalized spacial score (nSPS) is 22.4. The van der Waals surface area contributed by atoms with Gasteiger partial charge >= 0.3 is 0 Å². The molecule has 1 saturated heterocycles. The molecule has 0 aliphatic carbocycles. The summed E-state index contributed by atoms with van der Waals surface area (Å²) >= 11 is 2.43. The van der Waals surface area contributed by atoms with Crippen molar-refractivity contribution >= 4 is 45.8 Å². The molecule has 3 heteroatoms. The lowest BCUT2D eigenvalue weighted by molar-refractivity contribution is 0.313. The van der Waals surface area contributed by atoms with E-state index in [-0.39, 0.29) is 0 Å². The lowest BCUT2D eigenvalue weighted by Gasteiger charge is -2.24. The minimum absolute atomic E-state index is 0.680. The summed E-state index contributed by atoms with van der Waals surface area (Å²) in [6.07, 6.45) is 5.80. The molecule has 24 heavy (non-hydrogen) atoms. The van der Waals surface area contributed by atoms with Gasteiger partial charge in [-0.2, -0.15) is 0 Å². The van der Waals surface area contributed by atoms with Gasteiger partial charge in [0.25, 0.3) is 0 Å². The average molecular weight is 426 g/mol. The Morgan fingerprint density at radius 3 is 2.83 bits per heavy atom. The molecule has 2 aromatic carbocycles. The number of halogens is 1. The van der Waals surface area contributed by atoms with Crippen molar-refractivity contribution in [3.8, 4) is 0 Å². The highest BCUT2D eigenvalue weighted by Gasteiger charge is 2.35. The molecule has 0 N–H and O–H groups in total. The highest BCUT2D eigenvalue weighted by molar-refractivity contribution is 14.1. The van der Waals surface area contributed by atoms with Crippen molar-refractivity contribution in [2.75, 3.05) is 13.1 Å². The Hall–Kier alpha value is -1.59. The van der Waals surface area contributed by atoms with Gasteiger partial charge in [-0.15, -0.1) is 0 Å². The van der Waals surface area contributed by atoms with Crippen molar-refractivity contribution in [1.29, 1.82) is 0 Å². The number of aromatic nitrogens is 1. The first-order valence-electron chi connectivity index (χ1n) is 8.57. The molecule has 0 radical (unpaired) electrons. The van der Waals surface area contributed by atoms with E-state index < -0.39 is 0 Å². The summed E-state index contributed by atoms with van der Waals surface area (Å²) in [6, 6.07) is 17.4. The van der Waals surface area contributed by atoms with Gasteiger partial charge < -0.3 is 4.57 Å². The zero-order valence-corrected chi connectivity index (χ0v) is 15.6. The third-order valence-electron chi connectivity index (χ3n) is 5.37. The fraction of sp³-hybridized carbons (Fsp3) is 0.238. The van der Waals surface area contributed by atoms with Gasteiger partial charge in [0.2, 0.25) is 0 Å². The monoisotopic (exact) mass is 426 g/mol.